The number of halogens is 1. The largest absolute Gasteiger partial charge is 0.491 e. The third-order valence-corrected chi connectivity index (χ3v) is 6.74. The van der Waals surface area contributed by atoms with Crippen LogP contribution in [0, 0.1) is 5.82 Å². The summed E-state index contributed by atoms with van der Waals surface area (Å²) in [5.74, 6) is -0.189. The van der Waals surface area contributed by atoms with Crippen molar-refractivity contribution in [1.82, 2.24) is 9.80 Å². The monoisotopic (exact) mass is 466 g/mol. The molecule has 0 spiro atoms. The van der Waals surface area contributed by atoms with Crippen LogP contribution in [0.25, 0.3) is 0 Å². The lowest BCUT2D eigenvalue weighted by Gasteiger charge is -2.37. The van der Waals surface area contributed by atoms with Crippen LogP contribution in [0.15, 0.2) is 66.0 Å². The summed E-state index contributed by atoms with van der Waals surface area (Å²) >= 11 is 1.70. The van der Waals surface area contributed by atoms with Crippen molar-refractivity contribution in [3.8, 4) is 5.75 Å². The van der Waals surface area contributed by atoms with Gasteiger partial charge in [0.25, 0.3) is 5.91 Å². The van der Waals surface area contributed by atoms with Gasteiger partial charge < -0.3 is 14.5 Å². The first-order valence-corrected chi connectivity index (χ1v) is 12.0. The quantitative estimate of drug-likeness (QED) is 0.472. The van der Waals surface area contributed by atoms with Gasteiger partial charge in [-0.25, -0.2) is 4.39 Å². The van der Waals surface area contributed by atoms with Gasteiger partial charge in [0.1, 0.15) is 24.7 Å². The molecule has 0 aliphatic carbocycles. The van der Waals surface area contributed by atoms with Crippen LogP contribution >= 0.6 is 11.3 Å². The topological polar surface area (TPSA) is 49.9 Å². The predicted molar refractivity (Wildman–Crippen MR) is 127 cm³/mol. The number of amides is 2. The highest BCUT2D eigenvalue weighted by Crippen LogP contribution is 2.34. The van der Waals surface area contributed by atoms with E-state index in [9.17, 15) is 14.0 Å². The molecule has 1 unspecified atom stereocenters. The van der Waals surface area contributed by atoms with E-state index in [0.717, 1.165) is 17.7 Å². The van der Waals surface area contributed by atoms with Crippen LogP contribution < -0.4 is 4.74 Å². The number of nitrogens with zero attached hydrogens (tertiary/aromatic N) is 2. The number of hydrogen-bond donors (Lipinski definition) is 0. The molecule has 2 amide bonds. The first kappa shape index (κ1) is 23.0. The van der Waals surface area contributed by atoms with Crippen LogP contribution in [0.1, 0.15) is 40.2 Å². The number of para-hydroxylation sites is 1. The number of ether oxygens (including phenoxy) is 1. The van der Waals surface area contributed by atoms with Gasteiger partial charge in [-0.2, -0.15) is 0 Å². The fraction of sp³-hybridized carbons (Fsp3) is 0.308. The van der Waals surface area contributed by atoms with Crippen molar-refractivity contribution in [2.24, 2.45) is 0 Å². The second-order valence-corrected chi connectivity index (χ2v) is 9.01. The average Bonchev–Trinajstić information content (AvgIpc) is 3.31. The summed E-state index contributed by atoms with van der Waals surface area (Å²) in [4.78, 5) is 31.1. The van der Waals surface area contributed by atoms with Crippen LogP contribution in [-0.4, -0.2) is 47.9 Å². The maximum atomic E-state index is 13.7. The molecule has 0 radical (unpaired) electrons. The lowest BCUT2D eigenvalue weighted by molar-refractivity contribution is -0.135. The Hall–Kier alpha value is -3.19. The summed E-state index contributed by atoms with van der Waals surface area (Å²) in [6, 6.07) is 17.0. The molecule has 1 aliphatic heterocycles. The highest BCUT2D eigenvalue weighted by molar-refractivity contribution is 7.10. The second kappa shape index (κ2) is 10.6. The number of fused-ring (bicyclic) bond motifs is 1. The Labute approximate surface area is 197 Å². The van der Waals surface area contributed by atoms with E-state index in [2.05, 4.69) is 6.07 Å². The minimum absolute atomic E-state index is 0.0511. The summed E-state index contributed by atoms with van der Waals surface area (Å²) < 4.78 is 19.7. The van der Waals surface area contributed by atoms with Crippen LogP contribution in [0.4, 0.5) is 4.39 Å². The van der Waals surface area contributed by atoms with E-state index in [1.807, 2.05) is 47.5 Å². The zero-order valence-corrected chi connectivity index (χ0v) is 19.4. The highest BCUT2D eigenvalue weighted by atomic mass is 32.1. The van der Waals surface area contributed by atoms with Crippen LogP contribution in [0.2, 0.25) is 0 Å². The predicted octanol–water partition coefficient (Wildman–Crippen LogP) is 4.94. The van der Waals surface area contributed by atoms with Gasteiger partial charge >= 0.3 is 0 Å². The van der Waals surface area contributed by atoms with Crippen LogP contribution in [0.5, 0.6) is 5.75 Å². The summed E-state index contributed by atoms with van der Waals surface area (Å²) in [5, 5.41) is 2.05. The van der Waals surface area contributed by atoms with Gasteiger partial charge in [-0.3, -0.25) is 9.59 Å². The summed E-state index contributed by atoms with van der Waals surface area (Å²) in [6.07, 6.45) is 1.48. The van der Waals surface area contributed by atoms with Gasteiger partial charge in [0.05, 0.1) is 6.04 Å². The van der Waals surface area contributed by atoms with Gasteiger partial charge in [-0.15, -0.1) is 11.3 Å². The molecule has 33 heavy (non-hydrogen) atoms. The van der Waals surface area contributed by atoms with E-state index in [1.165, 1.54) is 28.0 Å². The standard InChI is InChI=1S/C26H27FN2O3S/c1-2-13-28(26(31)19-7-6-8-20(27)16-19)17-25(30)29-14-11-24-22(12-15-33-24)23(29)18-32-21-9-4-3-5-10-21/h3-10,12,15-16,23H,2,11,13-14,17-18H2,1H3. The van der Waals surface area contributed by atoms with Gasteiger partial charge in [0.2, 0.25) is 5.91 Å². The molecule has 0 bridgehead atoms. The molecule has 0 fully saturated rings. The Kier molecular flexibility index (Phi) is 7.40. The zero-order valence-electron chi connectivity index (χ0n) is 18.6. The molecule has 4 rings (SSSR count). The second-order valence-electron chi connectivity index (χ2n) is 8.01. The number of hydrogen-bond acceptors (Lipinski definition) is 4. The number of benzene rings is 2. The number of carbonyl (C=O) groups excluding carboxylic acids is 2. The fourth-order valence-electron chi connectivity index (χ4n) is 4.15. The Morgan fingerprint density at radius 3 is 2.73 bits per heavy atom. The first-order valence-electron chi connectivity index (χ1n) is 11.1. The molecule has 1 aromatic heterocycles. The fourth-order valence-corrected chi connectivity index (χ4v) is 5.08. The first-order chi connectivity index (χ1) is 16.1. The summed E-state index contributed by atoms with van der Waals surface area (Å²) in [6.45, 7) is 3.23. The molecule has 1 aliphatic rings. The normalized spacial score (nSPS) is 15.1. The number of thiophene rings is 1. The molecular weight excluding hydrogens is 439 g/mol. The van der Waals surface area contributed by atoms with E-state index in [4.69, 9.17) is 4.74 Å². The van der Waals surface area contributed by atoms with Crippen molar-refractivity contribution >= 4 is 23.2 Å². The average molecular weight is 467 g/mol. The summed E-state index contributed by atoms with van der Waals surface area (Å²) in [5.41, 5.74) is 1.35. The van der Waals surface area contributed by atoms with Gasteiger partial charge in [-0.05, 0) is 60.2 Å². The summed E-state index contributed by atoms with van der Waals surface area (Å²) in [7, 11) is 0. The maximum absolute atomic E-state index is 13.7. The number of rotatable bonds is 8. The Balaban J connectivity index is 1.52. The molecule has 3 aromatic rings. The lowest BCUT2D eigenvalue weighted by atomic mass is 10.0. The van der Waals surface area contributed by atoms with Crippen molar-refractivity contribution in [3.63, 3.8) is 0 Å². The van der Waals surface area contributed by atoms with Crippen molar-refractivity contribution in [3.05, 3.63) is 87.9 Å². The third kappa shape index (κ3) is 5.42. The Morgan fingerprint density at radius 1 is 1.15 bits per heavy atom. The van der Waals surface area contributed by atoms with Crippen LogP contribution in [-0.2, 0) is 11.2 Å². The Bertz CT molecular complexity index is 1100. The molecule has 0 saturated carbocycles. The van der Waals surface area contributed by atoms with Crippen molar-refractivity contribution in [1.29, 1.82) is 0 Å². The smallest absolute Gasteiger partial charge is 0.254 e. The highest BCUT2D eigenvalue weighted by Gasteiger charge is 2.33. The molecule has 2 heterocycles. The van der Waals surface area contributed by atoms with E-state index in [0.29, 0.717) is 26.1 Å². The SMILES string of the molecule is CCCN(CC(=O)N1CCc2sccc2C1COc1ccccc1)C(=O)c1cccc(F)c1. The minimum Gasteiger partial charge on any atom is -0.491 e. The van der Waals surface area contributed by atoms with Crippen molar-refractivity contribution in [2.45, 2.75) is 25.8 Å². The van der Waals surface area contributed by atoms with E-state index in [1.54, 1.807) is 17.4 Å². The van der Waals surface area contributed by atoms with E-state index < -0.39 is 5.82 Å². The van der Waals surface area contributed by atoms with Crippen molar-refractivity contribution in [2.75, 3.05) is 26.2 Å². The molecule has 7 heteroatoms. The van der Waals surface area contributed by atoms with Crippen molar-refractivity contribution < 1.29 is 18.7 Å². The lowest BCUT2D eigenvalue weighted by Crippen LogP contribution is -2.48. The molecule has 2 aromatic carbocycles. The van der Waals surface area contributed by atoms with E-state index >= 15 is 0 Å². The third-order valence-electron chi connectivity index (χ3n) is 5.74. The van der Waals surface area contributed by atoms with Crippen LogP contribution in [0.3, 0.4) is 0 Å². The maximum Gasteiger partial charge on any atom is 0.254 e. The molecule has 0 saturated heterocycles. The van der Waals surface area contributed by atoms with Gasteiger partial charge in [0, 0.05) is 23.5 Å². The molecule has 172 valence electrons. The van der Waals surface area contributed by atoms with E-state index in [-0.39, 0.29) is 30.0 Å². The van der Waals surface area contributed by atoms with Gasteiger partial charge in [0.15, 0.2) is 0 Å². The minimum atomic E-state index is -0.470. The molecular formula is C26H27FN2O3S. The van der Waals surface area contributed by atoms with Gasteiger partial charge in [-0.1, -0.05) is 31.2 Å². The zero-order chi connectivity index (χ0) is 23.2. The number of carbonyl (C=O) groups is 2. The molecule has 0 N–H and O–H groups in total. The molecule has 5 nitrogen and oxygen atoms in total. The molecule has 1 atom stereocenters. The Morgan fingerprint density at radius 2 is 1.97 bits per heavy atom.